The molecule has 2 aromatic carbocycles. The van der Waals surface area contributed by atoms with Gasteiger partial charge in [-0.1, -0.05) is 58.5 Å². The summed E-state index contributed by atoms with van der Waals surface area (Å²) in [4.78, 5) is 13.5. The number of nitrogens with one attached hydrogen (secondary N) is 1. The third-order valence-corrected chi connectivity index (χ3v) is 6.39. The number of carbonyl (C=O) groups excluding carboxylic acids is 1. The summed E-state index contributed by atoms with van der Waals surface area (Å²) in [5.41, 5.74) is 1.02. The molecule has 0 aliphatic heterocycles. The molecule has 0 fully saturated rings. The zero-order valence-electron chi connectivity index (χ0n) is 18.1. The minimum atomic E-state index is -0.992. The van der Waals surface area contributed by atoms with Crippen molar-refractivity contribution in [3.05, 3.63) is 64.4 Å². The maximum absolute atomic E-state index is 12.7. The molecule has 1 amide bonds. The van der Waals surface area contributed by atoms with Crippen molar-refractivity contribution in [2.45, 2.75) is 45.8 Å². The summed E-state index contributed by atoms with van der Waals surface area (Å²) in [5, 5.41) is 16.9. The lowest BCUT2D eigenvalue weighted by Crippen LogP contribution is -2.46. The van der Waals surface area contributed by atoms with Gasteiger partial charge >= 0.3 is 0 Å². The first-order valence-corrected chi connectivity index (χ1v) is 12.0. The Bertz CT molecular complexity index is 1220. The number of amides is 1. The minimum absolute atomic E-state index is 0.179. The van der Waals surface area contributed by atoms with E-state index in [4.69, 9.17) is 4.74 Å². The van der Waals surface area contributed by atoms with E-state index in [9.17, 15) is 4.79 Å². The fraction of sp³-hybridized carbons (Fsp3) is 0.304. The van der Waals surface area contributed by atoms with Gasteiger partial charge in [0.25, 0.3) is 5.91 Å². The quantitative estimate of drug-likeness (QED) is 0.356. The Hall–Kier alpha value is -2.78. The number of hydrogen-bond donors (Lipinski definition) is 1. The first kappa shape index (κ1) is 22.4. The summed E-state index contributed by atoms with van der Waals surface area (Å²) in [6, 6.07) is 15.4. The molecule has 0 saturated heterocycles. The topological polar surface area (TPSA) is 81.4 Å². The molecule has 2 heterocycles. The molecule has 0 unspecified atom stereocenters. The van der Waals surface area contributed by atoms with Gasteiger partial charge in [-0.2, -0.15) is 9.61 Å². The van der Waals surface area contributed by atoms with Crippen molar-refractivity contribution in [2.24, 2.45) is 0 Å². The van der Waals surface area contributed by atoms with Crippen molar-refractivity contribution in [1.29, 1.82) is 0 Å². The van der Waals surface area contributed by atoms with Crippen molar-refractivity contribution in [3.8, 4) is 16.3 Å². The summed E-state index contributed by atoms with van der Waals surface area (Å²) in [5.74, 6) is 1.35. The predicted molar refractivity (Wildman–Crippen MR) is 129 cm³/mol. The van der Waals surface area contributed by atoms with Crippen LogP contribution in [0.4, 0.5) is 0 Å². The number of halogens is 1. The van der Waals surface area contributed by atoms with E-state index in [1.165, 1.54) is 11.3 Å². The summed E-state index contributed by atoms with van der Waals surface area (Å²) in [6.45, 7) is 6.04. The molecule has 1 N–H and O–H groups in total. The van der Waals surface area contributed by atoms with Crippen molar-refractivity contribution in [2.75, 3.05) is 0 Å². The second-order valence-electron chi connectivity index (χ2n) is 7.91. The number of carbonyl (C=O) groups is 1. The molecular weight excluding hydrogens is 490 g/mol. The summed E-state index contributed by atoms with van der Waals surface area (Å²) in [7, 11) is 0. The molecule has 0 atom stereocenters. The van der Waals surface area contributed by atoms with Crippen LogP contribution in [0.3, 0.4) is 0 Å². The molecule has 0 bridgehead atoms. The fourth-order valence-electron chi connectivity index (χ4n) is 3.16. The average Bonchev–Trinajstić information content (AvgIpc) is 3.36. The molecule has 2 aromatic heterocycles. The standard InChI is InChI=1S/C23H24BrN5O2S/c1-4-5-19-26-27-22-29(19)28-20(32-22)16-8-6-15(7-9-16)14-25-21(30)23(2,3)31-18-12-10-17(24)11-13-18/h6-13H,4-5,14H2,1-3H3,(H,25,30). The van der Waals surface area contributed by atoms with E-state index in [0.29, 0.717) is 12.3 Å². The zero-order chi connectivity index (χ0) is 22.7. The Morgan fingerprint density at radius 3 is 2.53 bits per heavy atom. The summed E-state index contributed by atoms with van der Waals surface area (Å²) >= 11 is 4.91. The number of nitrogens with zero attached hydrogens (tertiary/aromatic N) is 4. The van der Waals surface area contributed by atoms with Gasteiger partial charge in [-0.25, -0.2) is 0 Å². The lowest BCUT2D eigenvalue weighted by molar-refractivity contribution is -0.134. The number of ether oxygens (including phenoxy) is 1. The number of aromatic nitrogens is 4. The van der Waals surface area contributed by atoms with Crippen LogP contribution in [-0.4, -0.2) is 31.3 Å². The van der Waals surface area contributed by atoms with Crippen molar-refractivity contribution >= 4 is 38.1 Å². The second-order valence-corrected chi connectivity index (χ2v) is 9.79. The molecule has 4 rings (SSSR count). The SMILES string of the molecule is CCCc1nnc2sc(-c3ccc(CNC(=O)C(C)(C)Oc4ccc(Br)cc4)cc3)nn12. The Kier molecular flexibility index (Phi) is 6.57. The number of benzene rings is 2. The number of aryl methyl sites for hydroxylation is 1. The van der Waals surface area contributed by atoms with Crippen molar-refractivity contribution < 1.29 is 9.53 Å². The fourth-order valence-corrected chi connectivity index (χ4v) is 4.29. The Morgan fingerprint density at radius 2 is 1.84 bits per heavy atom. The number of hydrogen-bond acceptors (Lipinski definition) is 6. The largest absolute Gasteiger partial charge is 0.478 e. The maximum atomic E-state index is 12.7. The lowest BCUT2D eigenvalue weighted by Gasteiger charge is -2.25. The average molecular weight is 514 g/mol. The van der Waals surface area contributed by atoms with Crippen LogP contribution in [-0.2, 0) is 17.8 Å². The van der Waals surface area contributed by atoms with Gasteiger partial charge in [-0.05, 0) is 50.1 Å². The third kappa shape index (κ3) is 4.99. The van der Waals surface area contributed by atoms with Crippen LogP contribution in [0.1, 0.15) is 38.6 Å². The van der Waals surface area contributed by atoms with E-state index in [1.807, 2.05) is 53.0 Å². The van der Waals surface area contributed by atoms with Crippen LogP contribution in [0.5, 0.6) is 5.75 Å². The first-order chi connectivity index (χ1) is 15.4. The Morgan fingerprint density at radius 1 is 1.12 bits per heavy atom. The predicted octanol–water partition coefficient (Wildman–Crippen LogP) is 5.04. The third-order valence-electron chi connectivity index (χ3n) is 4.92. The molecular formula is C23H24BrN5O2S. The van der Waals surface area contributed by atoms with Gasteiger partial charge in [0.15, 0.2) is 11.4 Å². The normalized spacial score (nSPS) is 11.6. The van der Waals surface area contributed by atoms with E-state index in [1.54, 1.807) is 13.8 Å². The molecule has 32 heavy (non-hydrogen) atoms. The molecule has 0 radical (unpaired) electrons. The molecule has 4 aromatic rings. The Balaban J connectivity index is 1.38. The molecule has 9 heteroatoms. The van der Waals surface area contributed by atoms with Gasteiger partial charge < -0.3 is 10.1 Å². The molecule has 7 nitrogen and oxygen atoms in total. The monoisotopic (exact) mass is 513 g/mol. The summed E-state index contributed by atoms with van der Waals surface area (Å²) in [6.07, 6.45) is 1.85. The van der Waals surface area contributed by atoms with Crippen LogP contribution < -0.4 is 10.1 Å². The van der Waals surface area contributed by atoms with Gasteiger partial charge in [0.05, 0.1) is 0 Å². The first-order valence-electron chi connectivity index (χ1n) is 10.4. The van der Waals surface area contributed by atoms with Crippen LogP contribution in [0.15, 0.2) is 53.0 Å². The van der Waals surface area contributed by atoms with Gasteiger partial charge in [0.2, 0.25) is 4.96 Å². The lowest BCUT2D eigenvalue weighted by atomic mass is 10.1. The van der Waals surface area contributed by atoms with E-state index in [0.717, 1.165) is 44.2 Å². The van der Waals surface area contributed by atoms with Gasteiger partial charge in [-0.3, -0.25) is 4.79 Å². The molecule has 0 aliphatic rings. The smallest absolute Gasteiger partial charge is 0.263 e. The van der Waals surface area contributed by atoms with Crippen LogP contribution in [0.25, 0.3) is 15.5 Å². The van der Waals surface area contributed by atoms with Crippen LogP contribution in [0.2, 0.25) is 0 Å². The van der Waals surface area contributed by atoms with Gasteiger partial charge in [0.1, 0.15) is 10.8 Å². The summed E-state index contributed by atoms with van der Waals surface area (Å²) < 4.78 is 8.66. The van der Waals surface area contributed by atoms with Crippen LogP contribution in [0, 0.1) is 0 Å². The highest BCUT2D eigenvalue weighted by Gasteiger charge is 2.29. The molecule has 0 spiro atoms. The second kappa shape index (κ2) is 9.38. The number of fused-ring (bicyclic) bond motifs is 1. The highest BCUT2D eigenvalue weighted by molar-refractivity contribution is 9.10. The molecule has 0 saturated carbocycles. The molecule has 0 aliphatic carbocycles. The van der Waals surface area contributed by atoms with Gasteiger partial charge in [-0.15, -0.1) is 10.2 Å². The highest BCUT2D eigenvalue weighted by Crippen LogP contribution is 2.26. The van der Waals surface area contributed by atoms with E-state index >= 15 is 0 Å². The van der Waals surface area contributed by atoms with E-state index in [-0.39, 0.29) is 5.91 Å². The van der Waals surface area contributed by atoms with Crippen molar-refractivity contribution in [3.63, 3.8) is 0 Å². The zero-order valence-corrected chi connectivity index (χ0v) is 20.5. The molecule has 166 valence electrons. The van der Waals surface area contributed by atoms with E-state index in [2.05, 4.69) is 43.5 Å². The minimum Gasteiger partial charge on any atom is -0.478 e. The maximum Gasteiger partial charge on any atom is 0.263 e. The van der Waals surface area contributed by atoms with Crippen molar-refractivity contribution in [1.82, 2.24) is 25.1 Å². The number of rotatable bonds is 8. The highest BCUT2D eigenvalue weighted by atomic mass is 79.9. The van der Waals surface area contributed by atoms with Crippen LogP contribution >= 0.6 is 27.3 Å². The van der Waals surface area contributed by atoms with E-state index < -0.39 is 5.60 Å². The van der Waals surface area contributed by atoms with Gasteiger partial charge in [0, 0.05) is 23.0 Å². The Labute approximate surface area is 199 Å².